The predicted octanol–water partition coefficient (Wildman–Crippen LogP) is 4.53. The summed E-state index contributed by atoms with van der Waals surface area (Å²) in [6.07, 6.45) is 13.3. The van der Waals surface area contributed by atoms with Gasteiger partial charge in [-0.05, 0) is 19.1 Å². The molecule has 1 N–H and O–H groups in total. The summed E-state index contributed by atoms with van der Waals surface area (Å²) in [6, 6.07) is 0. The van der Waals surface area contributed by atoms with E-state index in [0.29, 0.717) is 0 Å². The molecule has 82 valence electrons. The summed E-state index contributed by atoms with van der Waals surface area (Å²) in [5, 5.41) is 0. The van der Waals surface area contributed by atoms with Crippen LogP contribution in [-0.4, -0.2) is 4.98 Å². The van der Waals surface area contributed by atoms with Crippen molar-refractivity contribution in [2.45, 2.75) is 6.92 Å². The minimum Gasteiger partial charge on any atom is -0.355 e. The molecular formula is C15H17N. The van der Waals surface area contributed by atoms with Gasteiger partial charge in [-0.1, -0.05) is 50.1 Å². The molecular weight excluding hydrogens is 194 g/mol. The molecule has 0 aliphatic carbocycles. The Labute approximate surface area is 97.2 Å². The molecule has 0 aliphatic heterocycles. The van der Waals surface area contributed by atoms with Crippen LogP contribution in [0.3, 0.4) is 0 Å². The van der Waals surface area contributed by atoms with E-state index >= 15 is 0 Å². The van der Waals surface area contributed by atoms with E-state index in [1.807, 2.05) is 37.3 Å². The van der Waals surface area contributed by atoms with Crippen molar-refractivity contribution < 1.29 is 0 Å². The predicted molar refractivity (Wildman–Crippen MR) is 74.9 cm³/mol. The van der Waals surface area contributed by atoms with Gasteiger partial charge in [-0.2, -0.15) is 0 Å². The third-order valence-electron chi connectivity index (χ3n) is 2.28. The normalized spacial score (nSPS) is 11.1. The van der Waals surface area contributed by atoms with Gasteiger partial charge in [0.25, 0.3) is 0 Å². The third-order valence-corrected chi connectivity index (χ3v) is 2.28. The molecule has 1 rings (SSSR count). The molecule has 0 fully saturated rings. The first-order chi connectivity index (χ1) is 7.78. The van der Waals surface area contributed by atoms with Crippen LogP contribution in [0.5, 0.6) is 0 Å². The van der Waals surface area contributed by atoms with Crippen molar-refractivity contribution >= 4 is 24.3 Å². The van der Waals surface area contributed by atoms with Crippen LogP contribution in [0.4, 0.5) is 0 Å². The van der Waals surface area contributed by atoms with Crippen LogP contribution < -0.4 is 0 Å². The Morgan fingerprint density at radius 3 is 2.19 bits per heavy atom. The van der Waals surface area contributed by atoms with Crippen molar-refractivity contribution in [3.63, 3.8) is 0 Å². The van der Waals surface area contributed by atoms with Gasteiger partial charge in [0.15, 0.2) is 0 Å². The van der Waals surface area contributed by atoms with Crippen molar-refractivity contribution in [3.05, 3.63) is 60.5 Å². The standard InChI is InChI=1S/C15H17N/c1-5-9-11-15-12(7-3)13(10-6-2)14(8-4)16-15/h5-11,16H,1,3-4H2,2H3/b10-6-,11-9-. The summed E-state index contributed by atoms with van der Waals surface area (Å²) < 4.78 is 0. The van der Waals surface area contributed by atoms with Crippen molar-refractivity contribution in [3.8, 4) is 0 Å². The Morgan fingerprint density at radius 2 is 1.69 bits per heavy atom. The van der Waals surface area contributed by atoms with Gasteiger partial charge in [-0.3, -0.25) is 0 Å². The molecule has 0 radical (unpaired) electrons. The Balaban J connectivity index is 3.40. The minimum absolute atomic E-state index is 1.01. The van der Waals surface area contributed by atoms with Gasteiger partial charge in [-0.15, -0.1) is 0 Å². The highest BCUT2D eigenvalue weighted by Crippen LogP contribution is 2.24. The van der Waals surface area contributed by atoms with Gasteiger partial charge >= 0.3 is 0 Å². The quantitative estimate of drug-likeness (QED) is 0.688. The second-order valence-corrected chi connectivity index (χ2v) is 3.28. The second kappa shape index (κ2) is 5.76. The monoisotopic (exact) mass is 211 g/mol. The van der Waals surface area contributed by atoms with Crippen LogP contribution in [0.15, 0.2) is 38.0 Å². The van der Waals surface area contributed by atoms with Crippen LogP contribution in [-0.2, 0) is 0 Å². The highest BCUT2D eigenvalue weighted by molar-refractivity contribution is 5.78. The Hall–Kier alpha value is -2.02. The number of aromatic nitrogens is 1. The molecule has 0 spiro atoms. The lowest BCUT2D eigenvalue weighted by Crippen LogP contribution is -1.77. The zero-order valence-corrected chi connectivity index (χ0v) is 9.66. The zero-order valence-electron chi connectivity index (χ0n) is 9.66. The maximum Gasteiger partial charge on any atom is 0.0464 e. The van der Waals surface area contributed by atoms with E-state index in [-0.39, 0.29) is 0 Å². The van der Waals surface area contributed by atoms with Crippen LogP contribution in [0, 0.1) is 0 Å². The SMILES string of the molecule is C=C/C=C\c1[nH]c(C=C)c(/C=C\C)c1C=C. The van der Waals surface area contributed by atoms with E-state index in [4.69, 9.17) is 0 Å². The maximum absolute atomic E-state index is 3.84. The Morgan fingerprint density at radius 1 is 0.938 bits per heavy atom. The number of rotatable bonds is 5. The van der Waals surface area contributed by atoms with E-state index in [2.05, 4.69) is 30.8 Å². The van der Waals surface area contributed by atoms with Gasteiger partial charge < -0.3 is 4.98 Å². The number of H-pyrrole nitrogens is 1. The third kappa shape index (κ3) is 2.31. The van der Waals surface area contributed by atoms with Crippen molar-refractivity contribution in [2.75, 3.05) is 0 Å². The van der Waals surface area contributed by atoms with Crippen molar-refractivity contribution in [1.29, 1.82) is 0 Å². The smallest absolute Gasteiger partial charge is 0.0464 e. The first-order valence-corrected chi connectivity index (χ1v) is 5.21. The van der Waals surface area contributed by atoms with Crippen molar-refractivity contribution in [1.82, 2.24) is 4.98 Å². The number of nitrogens with one attached hydrogen (secondary N) is 1. The molecule has 0 saturated carbocycles. The lowest BCUT2D eigenvalue weighted by molar-refractivity contribution is 1.34. The molecule has 0 atom stereocenters. The highest BCUT2D eigenvalue weighted by atomic mass is 14.7. The molecule has 0 unspecified atom stereocenters. The molecule has 1 aromatic heterocycles. The summed E-state index contributed by atoms with van der Waals surface area (Å²) in [5.74, 6) is 0. The minimum atomic E-state index is 1.01. The Kier molecular flexibility index (Phi) is 4.34. The van der Waals surface area contributed by atoms with E-state index in [1.54, 1.807) is 6.08 Å². The van der Waals surface area contributed by atoms with Gasteiger partial charge in [0.05, 0.1) is 0 Å². The van der Waals surface area contributed by atoms with Crippen LogP contribution in [0.2, 0.25) is 0 Å². The molecule has 0 saturated heterocycles. The first kappa shape index (κ1) is 12.1. The number of aromatic amines is 1. The zero-order chi connectivity index (χ0) is 12.0. The summed E-state index contributed by atoms with van der Waals surface area (Å²) in [6.45, 7) is 13.3. The van der Waals surface area contributed by atoms with Crippen molar-refractivity contribution in [2.24, 2.45) is 0 Å². The summed E-state index contributed by atoms with van der Waals surface area (Å²) >= 11 is 0. The van der Waals surface area contributed by atoms with E-state index in [0.717, 1.165) is 22.5 Å². The van der Waals surface area contributed by atoms with Crippen LogP contribution >= 0.6 is 0 Å². The van der Waals surface area contributed by atoms with E-state index in [9.17, 15) is 0 Å². The second-order valence-electron chi connectivity index (χ2n) is 3.28. The maximum atomic E-state index is 3.84. The molecule has 0 aliphatic rings. The largest absolute Gasteiger partial charge is 0.355 e. The van der Waals surface area contributed by atoms with Gasteiger partial charge in [-0.25, -0.2) is 0 Å². The molecule has 1 aromatic rings. The summed E-state index contributed by atoms with van der Waals surface area (Å²) in [5.41, 5.74) is 4.25. The fourth-order valence-corrected chi connectivity index (χ4v) is 1.59. The average Bonchev–Trinajstić information content (AvgIpc) is 2.64. The molecule has 1 nitrogen and oxygen atoms in total. The van der Waals surface area contributed by atoms with Gasteiger partial charge in [0.2, 0.25) is 0 Å². The fourth-order valence-electron chi connectivity index (χ4n) is 1.59. The topological polar surface area (TPSA) is 15.8 Å². The average molecular weight is 211 g/mol. The van der Waals surface area contributed by atoms with Gasteiger partial charge in [0.1, 0.15) is 0 Å². The molecule has 1 heterocycles. The highest BCUT2D eigenvalue weighted by Gasteiger charge is 2.08. The van der Waals surface area contributed by atoms with Crippen LogP contribution in [0.1, 0.15) is 29.4 Å². The number of hydrogen-bond donors (Lipinski definition) is 1. The summed E-state index contributed by atoms with van der Waals surface area (Å²) in [7, 11) is 0. The fraction of sp³-hybridized carbons (Fsp3) is 0.0667. The summed E-state index contributed by atoms with van der Waals surface area (Å²) in [4.78, 5) is 3.30. The van der Waals surface area contributed by atoms with Crippen LogP contribution in [0.25, 0.3) is 24.3 Å². The molecule has 16 heavy (non-hydrogen) atoms. The lowest BCUT2D eigenvalue weighted by atomic mass is 10.1. The van der Waals surface area contributed by atoms with E-state index < -0.39 is 0 Å². The van der Waals surface area contributed by atoms with Gasteiger partial charge in [0, 0.05) is 22.5 Å². The molecule has 0 bridgehead atoms. The van der Waals surface area contributed by atoms with E-state index in [1.165, 1.54) is 0 Å². The first-order valence-electron chi connectivity index (χ1n) is 5.21. The molecule has 1 heteroatoms. The number of allylic oxidation sites excluding steroid dienone is 3. The molecule has 0 aromatic carbocycles. The molecule has 0 amide bonds. The lowest BCUT2D eigenvalue weighted by Gasteiger charge is -1.94. The number of hydrogen-bond acceptors (Lipinski definition) is 0. The Bertz CT molecular complexity index is 456.